The number of sulfonamides is 1. The van der Waals surface area contributed by atoms with Gasteiger partial charge in [-0.2, -0.15) is 0 Å². The fourth-order valence-electron chi connectivity index (χ4n) is 4.53. The van der Waals surface area contributed by atoms with Crippen LogP contribution >= 0.6 is 11.3 Å². The van der Waals surface area contributed by atoms with Gasteiger partial charge in [-0.25, -0.2) is 18.0 Å². The molecule has 2 heterocycles. The number of hydrogen-bond donors (Lipinski definition) is 3. The van der Waals surface area contributed by atoms with Crippen LogP contribution < -0.4 is 14.4 Å². The Bertz CT molecular complexity index is 1530. The molecule has 2 aromatic carbocycles. The zero-order valence-corrected chi connectivity index (χ0v) is 22.3. The number of para-hydroxylation sites is 1. The van der Waals surface area contributed by atoms with Crippen molar-refractivity contribution in [1.82, 2.24) is 5.32 Å². The maximum absolute atomic E-state index is 14.0. The van der Waals surface area contributed by atoms with E-state index >= 15 is 0 Å². The average molecular weight is 576 g/mol. The molecule has 0 aliphatic carbocycles. The third-order valence-electron chi connectivity index (χ3n) is 6.23. The van der Waals surface area contributed by atoms with Crippen LogP contribution in [0.1, 0.15) is 28.1 Å². The normalized spacial score (nSPS) is 14.1. The lowest BCUT2D eigenvalue weighted by molar-refractivity contribution is -0.387. The second-order valence-electron chi connectivity index (χ2n) is 8.76. The number of rotatable bonds is 10. The molecule has 0 spiro atoms. The molecule has 14 heteroatoms. The van der Waals surface area contributed by atoms with Gasteiger partial charge in [0.1, 0.15) is 5.75 Å². The number of nitrogens with one attached hydrogen (secondary N) is 1. The number of carboxylic acid groups (broad SMARTS) is 2. The zero-order valence-electron chi connectivity index (χ0n) is 20.7. The number of nitro groups is 1. The van der Waals surface area contributed by atoms with Crippen LogP contribution in [-0.2, 0) is 14.8 Å². The molecule has 0 amide bonds. The van der Waals surface area contributed by atoms with Crippen LogP contribution in [0, 0.1) is 17.0 Å². The minimum absolute atomic E-state index is 0.0713. The highest BCUT2D eigenvalue weighted by atomic mass is 32.2. The van der Waals surface area contributed by atoms with E-state index in [0.717, 1.165) is 17.4 Å². The first kappa shape index (κ1) is 28.0. The number of aliphatic carboxylic acids is 1. The van der Waals surface area contributed by atoms with Crippen molar-refractivity contribution in [3.63, 3.8) is 0 Å². The summed E-state index contributed by atoms with van der Waals surface area (Å²) in [7, 11) is -4.39. The summed E-state index contributed by atoms with van der Waals surface area (Å²) in [4.78, 5) is 33.7. The van der Waals surface area contributed by atoms with E-state index in [4.69, 9.17) is 9.84 Å². The van der Waals surface area contributed by atoms with Gasteiger partial charge in [0, 0.05) is 22.5 Å². The van der Waals surface area contributed by atoms with Gasteiger partial charge in [-0.05, 0) is 56.6 Å². The van der Waals surface area contributed by atoms with Crippen molar-refractivity contribution in [2.75, 3.05) is 24.0 Å². The largest absolute Gasteiger partial charge is 0.480 e. The Labute approximate surface area is 227 Å². The van der Waals surface area contributed by atoms with E-state index in [9.17, 15) is 33.2 Å². The lowest BCUT2D eigenvalue weighted by Gasteiger charge is -2.35. The smallest absolute Gasteiger partial charge is 0.349 e. The topological polar surface area (TPSA) is 176 Å². The van der Waals surface area contributed by atoms with Gasteiger partial charge in [0.15, 0.2) is 16.4 Å². The number of hydrogen-bond acceptors (Lipinski definition) is 9. The molecule has 1 aromatic heterocycles. The average Bonchev–Trinajstić information content (AvgIpc) is 3.24. The van der Waals surface area contributed by atoms with Crippen molar-refractivity contribution in [1.29, 1.82) is 0 Å². The predicted molar refractivity (Wildman–Crippen MR) is 143 cm³/mol. The van der Waals surface area contributed by atoms with Gasteiger partial charge in [0.05, 0.1) is 10.6 Å². The summed E-state index contributed by atoms with van der Waals surface area (Å²) in [5.74, 6) is -2.63. The Hall–Kier alpha value is -4.01. The Morgan fingerprint density at radius 3 is 2.49 bits per heavy atom. The molecule has 0 bridgehead atoms. The molecule has 206 valence electrons. The SMILES string of the molecule is Cc1c(-c2cccc(N(C3CCNCC3)S(=O)(=O)c3ccccc3[N+](=O)[O-])c2)sc(C(=O)O)c1OCC(=O)O. The van der Waals surface area contributed by atoms with E-state index in [1.54, 1.807) is 31.2 Å². The predicted octanol–water partition coefficient (Wildman–Crippen LogP) is 3.74. The van der Waals surface area contributed by atoms with Gasteiger partial charge in [-0.1, -0.05) is 24.3 Å². The number of benzene rings is 2. The number of aromatic carboxylic acids is 1. The van der Waals surface area contributed by atoms with Gasteiger partial charge in [-0.3, -0.25) is 14.4 Å². The van der Waals surface area contributed by atoms with Crippen LogP contribution in [0.4, 0.5) is 11.4 Å². The van der Waals surface area contributed by atoms with Crippen LogP contribution in [0.25, 0.3) is 10.4 Å². The van der Waals surface area contributed by atoms with Gasteiger partial charge in [0.2, 0.25) is 0 Å². The number of ether oxygens (including phenoxy) is 1. The number of carbonyl (C=O) groups is 2. The number of carboxylic acids is 2. The second kappa shape index (κ2) is 11.4. The third-order valence-corrected chi connectivity index (χ3v) is 9.47. The van der Waals surface area contributed by atoms with Crippen LogP contribution in [0.5, 0.6) is 5.75 Å². The molecule has 0 saturated carbocycles. The monoisotopic (exact) mass is 575 g/mol. The molecule has 3 aromatic rings. The first-order valence-corrected chi connectivity index (χ1v) is 14.1. The Morgan fingerprint density at radius 1 is 1.15 bits per heavy atom. The fraction of sp³-hybridized carbons (Fsp3) is 0.280. The van der Waals surface area contributed by atoms with E-state index in [1.807, 2.05) is 0 Å². The molecule has 4 rings (SSSR count). The van der Waals surface area contributed by atoms with Crippen molar-refractivity contribution in [2.45, 2.75) is 30.7 Å². The summed E-state index contributed by atoms with van der Waals surface area (Å²) < 4.78 is 34.5. The molecular weight excluding hydrogens is 550 g/mol. The first-order valence-electron chi connectivity index (χ1n) is 11.8. The number of nitrogens with zero attached hydrogens (tertiary/aromatic N) is 2. The molecule has 1 aliphatic heterocycles. The van der Waals surface area contributed by atoms with E-state index in [1.165, 1.54) is 22.5 Å². The van der Waals surface area contributed by atoms with Crippen molar-refractivity contribution in [2.24, 2.45) is 0 Å². The Morgan fingerprint density at radius 2 is 1.85 bits per heavy atom. The van der Waals surface area contributed by atoms with Gasteiger partial charge >= 0.3 is 11.9 Å². The van der Waals surface area contributed by atoms with Crippen LogP contribution in [0.3, 0.4) is 0 Å². The quantitative estimate of drug-likeness (QED) is 0.238. The maximum Gasteiger partial charge on any atom is 0.349 e. The molecule has 0 radical (unpaired) electrons. The molecule has 12 nitrogen and oxygen atoms in total. The van der Waals surface area contributed by atoms with Crippen molar-refractivity contribution >= 4 is 44.7 Å². The van der Waals surface area contributed by atoms with E-state index in [-0.39, 0.29) is 16.3 Å². The Balaban J connectivity index is 1.85. The summed E-state index contributed by atoms with van der Waals surface area (Å²) in [6.45, 7) is 1.98. The molecule has 39 heavy (non-hydrogen) atoms. The molecule has 0 unspecified atom stereocenters. The lowest BCUT2D eigenvalue weighted by atomic mass is 10.0. The van der Waals surface area contributed by atoms with Crippen molar-refractivity contribution < 1.29 is 37.9 Å². The number of thiophene rings is 1. The minimum Gasteiger partial charge on any atom is -0.480 e. The van der Waals surface area contributed by atoms with Gasteiger partial charge < -0.3 is 20.3 Å². The van der Waals surface area contributed by atoms with Crippen molar-refractivity contribution in [3.8, 4) is 16.2 Å². The molecule has 1 saturated heterocycles. The first-order chi connectivity index (χ1) is 18.5. The summed E-state index contributed by atoms with van der Waals surface area (Å²) in [6, 6.07) is 11.2. The van der Waals surface area contributed by atoms with E-state index in [0.29, 0.717) is 41.9 Å². The molecule has 3 N–H and O–H groups in total. The molecule has 1 aliphatic rings. The van der Waals surface area contributed by atoms with Crippen LogP contribution in [0.2, 0.25) is 0 Å². The third kappa shape index (κ3) is 5.72. The highest BCUT2D eigenvalue weighted by molar-refractivity contribution is 7.93. The lowest BCUT2D eigenvalue weighted by Crippen LogP contribution is -2.46. The van der Waals surface area contributed by atoms with Crippen LogP contribution in [-0.4, -0.2) is 61.2 Å². The zero-order chi connectivity index (χ0) is 28.3. The highest BCUT2D eigenvalue weighted by Crippen LogP contribution is 2.43. The van der Waals surface area contributed by atoms with Crippen molar-refractivity contribution in [3.05, 3.63) is 69.1 Å². The number of piperidine rings is 1. The fourth-order valence-corrected chi connectivity index (χ4v) is 7.48. The summed E-state index contributed by atoms with van der Waals surface area (Å²) in [5.41, 5.74) is 0.605. The number of anilines is 1. The standard InChI is InChI=1S/C25H25N3O9S2/c1-15-22(37-14-21(29)30)24(25(31)32)38-23(15)16-5-4-6-18(13-16)27(17-9-11-26-12-10-17)39(35,36)20-8-3-2-7-19(20)28(33)34/h2-8,13,17,26H,9-12,14H2,1H3,(H,29,30)(H,31,32). The molecular formula is C25H25N3O9S2. The summed E-state index contributed by atoms with van der Waals surface area (Å²) in [6.07, 6.45) is 0.941. The van der Waals surface area contributed by atoms with Gasteiger partial charge in [-0.15, -0.1) is 11.3 Å². The minimum atomic E-state index is -4.39. The Kier molecular flexibility index (Phi) is 8.18. The van der Waals surface area contributed by atoms with Gasteiger partial charge in [0.25, 0.3) is 15.7 Å². The summed E-state index contributed by atoms with van der Waals surface area (Å²) >= 11 is 0.880. The molecule has 1 fully saturated rings. The molecule has 0 atom stereocenters. The maximum atomic E-state index is 14.0. The van der Waals surface area contributed by atoms with E-state index < -0.39 is 50.1 Å². The van der Waals surface area contributed by atoms with Crippen LogP contribution in [0.15, 0.2) is 53.4 Å². The summed E-state index contributed by atoms with van der Waals surface area (Å²) in [5, 5.41) is 33.5. The number of nitro benzene ring substituents is 1. The second-order valence-corrected chi connectivity index (χ2v) is 11.6. The van der Waals surface area contributed by atoms with E-state index in [2.05, 4.69) is 5.32 Å². The highest BCUT2D eigenvalue weighted by Gasteiger charge is 2.37.